The third-order valence-electron chi connectivity index (χ3n) is 3.18. The Hall–Kier alpha value is -2.58. The van der Waals surface area contributed by atoms with Gasteiger partial charge in [0.15, 0.2) is 0 Å². The van der Waals surface area contributed by atoms with Gasteiger partial charge in [-0.2, -0.15) is 5.26 Å². The molecule has 0 bridgehead atoms. The molecule has 2 aromatic carbocycles. The number of halogens is 1. The second-order valence-electron chi connectivity index (χ2n) is 4.86. The zero-order valence-corrected chi connectivity index (χ0v) is 14.3. The lowest BCUT2D eigenvalue weighted by Gasteiger charge is -2.06. The first-order valence-corrected chi connectivity index (χ1v) is 7.66. The van der Waals surface area contributed by atoms with Crippen LogP contribution in [0.15, 0.2) is 52.5 Å². The summed E-state index contributed by atoms with van der Waals surface area (Å²) in [5, 5.41) is 12.0. The summed E-state index contributed by atoms with van der Waals surface area (Å²) in [5.41, 5.74) is 2.36. The standard InChI is InChI=1S/C18H15BrN2O2/c1-12-8-13(6-7-17(12)23-2)9-14(11-20)18(22)21-16-5-3-4-15(19)10-16/h3-10H,1-2H3,(H,21,22). The van der Waals surface area contributed by atoms with Crippen LogP contribution in [0, 0.1) is 18.3 Å². The number of ether oxygens (including phenoxy) is 1. The number of benzene rings is 2. The molecule has 0 unspecified atom stereocenters. The number of rotatable bonds is 4. The van der Waals surface area contributed by atoms with Gasteiger partial charge in [0.05, 0.1) is 7.11 Å². The molecule has 4 nitrogen and oxygen atoms in total. The molecule has 0 radical (unpaired) electrons. The molecule has 0 heterocycles. The van der Waals surface area contributed by atoms with Crippen LogP contribution in [0.5, 0.6) is 5.75 Å². The van der Waals surface area contributed by atoms with Gasteiger partial charge in [0.2, 0.25) is 0 Å². The fraction of sp³-hybridized carbons (Fsp3) is 0.111. The molecule has 116 valence electrons. The summed E-state index contributed by atoms with van der Waals surface area (Å²) in [5.74, 6) is 0.318. The molecular weight excluding hydrogens is 356 g/mol. The van der Waals surface area contributed by atoms with Crippen molar-refractivity contribution in [2.24, 2.45) is 0 Å². The van der Waals surface area contributed by atoms with Crippen LogP contribution in [0.2, 0.25) is 0 Å². The number of nitriles is 1. The normalized spacial score (nSPS) is 10.8. The molecule has 1 N–H and O–H groups in total. The number of hydrogen-bond acceptors (Lipinski definition) is 3. The molecule has 0 fully saturated rings. The molecule has 5 heteroatoms. The molecule has 1 amide bonds. The number of methoxy groups -OCH3 is 1. The molecule has 2 aromatic rings. The molecule has 0 aliphatic carbocycles. The summed E-state index contributed by atoms with van der Waals surface area (Å²) in [4.78, 5) is 12.2. The van der Waals surface area contributed by atoms with Crippen LogP contribution in [-0.2, 0) is 4.79 Å². The van der Waals surface area contributed by atoms with Crippen molar-refractivity contribution in [1.82, 2.24) is 0 Å². The Morgan fingerprint density at radius 3 is 2.70 bits per heavy atom. The summed E-state index contributed by atoms with van der Waals surface area (Å²) in [6, 6.07) is 14.6. The summed E-state index contributed by atoms with van der Waals surface area (Å²) < 4.78 is 6.05. The fourth-order valence-corrected chi connectivity index (χ4v) is 2.47. The van der Waals surface area contributed by atoms with Crippen LogP contribution < -0.4 is 10.1 Å². The summed E-state index contributed by atoms with van der Waals surface area (Å²) >= 11 is 3.34. The second kappa shape index (κ2) is 7.61. The average molecular weight is 371 g/mol. The van der Waals surface area contributed by atoms with Crippen molar-refractivity contribution in [3.05, 3.63) is 63.6 Å². The third kappa shape index (κ3) is 4.44. The highest BCUT2D eigenvalue weighted by Crippen LogP contribution is 2.21. The van der Waals surface area contributed by atoms with E-state index in [9.17, 15) is 10.1 Å². The quantitative estimate of drug-likeness (QED) is 0.644. The van der Waals surface area contributed by atoms with E-state index < -0.39 is 5.91 Å². The number of anilines is 1. The van der Waals surface area contributed by atoms with Crippen LogP contribution in [0.25, 0.3) is 6.08 Å². The molecule has 0 atom stereocenters. The number of hydrogen-bond donors (Lipinski definition) is 1. The van der Waals surface area contributed by atoms with Gasteiger partial charge in [-0.1, -0.05) is 28.1 Å². The lowest BCUT2D eigenvalue weighted by Crippen LogP contribution is -2.13. The maximum Gasteiger partial charge on any atom is 0.266 e. The van der Waals surface area contributed by atoms with Crippen molar-refractivity contribution in [3.63, 3.8) is 0 Å². The predicted molar refractivity (Wildman–Crippen MR) is 94.1 cm³/mol. The molecule has 0 aliphatic rings. The highest BCUT2D eigenvalue weighted by Gasteiger charge is 2.10. The Morgan fingerprint density at radius 1 is 1.30 bits per heavy atom. The smallest absolute Gasteiger partial charge is 0.266 e. The first-order valence-electron chi connectivity index (χ1n) is 6.87. The van der Waals surface area contributed by atoms with Gasteiger partial charge < -0.3 is 10.1 Å². The van der Waals surface area contributed by atoms with Crippen LogP contribution >= 0.6 is 15.9 Å². The first-order chi connectivity index (χ1) is 11.0. The Labute approximate surface area is 143 Å². The van der Waals surface area contributed by atoms with Gasteiger partial charge in [-0.15, -0.1) is 0 Å². The van der Waals surface area contributed by atoms with Crippen LogP contribution in [0.3, 0.4) is 0 Å². The minimum Gasteiger partial charge on any atom is -0.496 e. The van der Waals surface area contributed by atoms with E-state index >= 15 is 0 Å². The third-order valence-corrected chi connectivity index (χ3v) is 3.67. The second-order valence-corrected chi connectivity index (χ2v) is 5.78. The Bertz CT molecular complexity index is 807. The van der Waals surface area contributed by atoms with E-state index in [-0.39, 0.29) is 5.57 Å². The van der Waals surface area contributed by atoms with E-state index in [1.54, 1.807) is 31.4 Å². The van der Waals surface area contributed by atoms with Crippen molar-refractivity contribution >= 4 is 33.6 Å². The molecule has 0 saturated carbocycles. The van der Waals surface area contributed by atoms with Gasteiger partial charge in [0.25, 0.3) is 5.91 Å². The number of aryl methyl sites for hydroxylation is 1. The fourth-order valence-electron chi connectivity index (χ4n) is 2.07. The van der Waals surface area contributed by atoms with Gasteiger partial charge in [-0.05, 0) is 54.5 Å². The number of nitrogens with one attached hydrogen (secondary N) is 1. The van der Waals surface area contributed by atoms with Gasteiger partial charge in [-0.3, -0.25) is 4.79 Å². The maximum atomic E-state index is 12.2. The molecule has 2 rings (SSSR count). The van der Waals surface area contributed by atoms with Crippen molar-refractivity contribution in [2.45, 2.75) is 6.92 Å². The highest BCUT2D eigenvalue weighted by molar-refractivity contribution is 9.10. The average Bonchev–Trinajstić information content (AvgIpc) is 2.52. The van der Waals surface area contributed by atoms with Crippen molar-refractivity contribution < 1.29 is 9.53 Å². The minimum atomic E-state index is -0.445. The SMILES string of the molecule is COc1ccc(C=C(C#N)C(=O)Nc2cccc(Br)c2)cc1C. The van der Waals surface area contributed by atoms with E-state index in [1.807, 2.05) is 37.3 Å². The van der Waals surface area contributed by atoms with E-state index in [2.05, 4.69) is 21.2 Å². The number of carbonyl (C=O) groups is 1. The zero-order valence-electron chi connectivity index (χ0n) is 12.8. The Balaban J connectivity index is 2.23. The summed E-state index contributed by atoms with van der Waals surface area (Å²) in [6.45, 7) is 1.91. The minimum absolute atomic E-state index is 0.0366. The molecule has 0 aliphatic heterocycles. The first kappa shape index (κ1) is 16.8. The largest absolute Gasteiger partial charge is 0.496 e. The topological polar surface area (TPSA) is 62.1 Å². The molecule has 0 saturated heterocycles. The van der Waals surface area contributed by atoms with E-state index in [0.29, 0.717) is 5.69 Å². The van der Waals surface area contributed by atoms with Crippen molar-refractivity contribution in [2.75, 3.05) is 12.4 Å². The molecular formula is C18H15BrN2O2. The predicted octanol–water partition coefficient (Wildman–Crippen LogP) is 4.31. The monoisotopic (exact) mass is 370 g/mol. The number of nitrogens with zero attached hydrogens (tertiary/aromatic N) is 1. The molecule has 0 aromatic heterocycles. The zero-order chi connectivity index (χ0) is 16.8. The van der Waals surface area contributed by atoms with E-state index in [0.717, 1.165) is 21.3 Å². The van der Waals surface area contributed by atoms with Gasteiger partial charge in [0.1, 0.15) is 17.4 Å². The van der Waals surface area contributed by atoms with Crippen LogP contribution in [-0.4, -0.2) is 13.0 Å². The number of amides is 1. The van der Waals surface area contributed by atoms with Gasteiger partial charge >= 0.3 is 0 Å². The molecule has 23 heavy (non-hydrogen) atoms. The van der Waals surface area contributed by atoms with Crippen LogP contribution in [0.1, 0.15) is 11.1 Å². The number of carbonyl (C=O) groups excluding carboxylic acids is 1. The van der Waals surface area contributed by atoms with E-state index in [4.69, 9.17) is 4.74 Å². The van der Waals surface area contributed by atoms with E-state index in [1.165, 1.54) is 0 Å². The summed E-state index contributed by atoms with van der Waals surface area (Å²) in [7, 11) is 1.60. The molecule has 0 spiro atoms. The highest BCUT2D eigenvalue weighted by atomic mass is 79.9. The van der Waals surface area contributed by atoms with Gasteiger partial charge in [0, 0.05) is 10.2 Å². The Kier molecular flexibility index (Phi) is 5.56. The van der Waals surface area contributed by atoms with Crippen molar-refractivity contribution in [3.8, 4) is 11.8 Å². The Morgan fingerprint density at radius 2 is 2.09 bits per heavy atom. The summed E-state index contributed by atoms with van der Waals surface area (Å²) in [6.07, 6.45) is 1.56. The van der Waals surface area contributed by atoms with Crippen LogP contribution in [0.4, 0.5) is 5.69 Å². The van der Waals surface area contributed by atoms with Gasteiger partial charge in [-0.25, -0.2) is 0 Å². The maximum absolute atomic E-state index is 12.2. The lowest BCUT2D eigenvalue weighted by atomic mass is 10.1. The van der Waals surface area contributed by atoms with Crippen molar-refractivity contribution in [1.29, 1.82) is 5.26 Å². The lowest BCUT2D eigenvalue weighted by molar-refractivity contribution is -0.112.